The number of rotatable bonds is 8. The first-order valence-corrected chi connectivity index (χ1v) is 11.1. The van der Waals surface area contributed by atoms with Crippen LogP contribution in [0.15, 0.2) is 76.0 Å². The second-order valence-electron chi connectivity index (χ2n) is 6.51. The second-order valence-corrected chi connectivity index (χ2v) is 8.50. The Labute approximate surface area is 171 Å². The molecule has 29 heavy (non-hydrogen) atoms. The number of benzene rings is 2. The molecule has 1 N–H and O–H groups in total. The lowest BCUT2D eigenvalue weighted by Gasteiger charge is -2.21. The zero-order valence-corrected chi connectivity index (χ0v) is 17.3. The summed E-state index contributed by atoms with van der Waals surface area (Å²) < 4.78 is 30.4. The van der Waals surface area contributed by atoms with Gasteiger partial charge in [-0.25, -0.2) is 8.42 Å². The van der Waals surface area contributed by atoms with E-state index in [1.165, 1.54) is 24.3 Å². The minimum absolute atomic E-state index is 0.0658. The Morgan fingerprint density at radius 1 is 0.931 bits per heavy atom. The number of carbonyl (C=O) groups is 1. The molecule has 6 nitrogen and oxygen atoms in total. The van der Waals surface area contributed by atoms with E-state index in [-0.39, 0.29) is 22.2 Å². The number of anilines is 2. The van der Waals surface area contributed by atoms with Gasteiger partial charge in [0.2, 0.25) is 0 Å². The highest BCUT2D eigenvalue weighted by Crippen LogP contribution is 2.20. The van der Waals surface area contributed by atoms with E-state index in [9.17, 15) is 13.2 Å². The van der Waals surface area contributed by atoms with Gasteiger partial charge >= 0.3 is 0 Å². The van der Waals surface area contributed by atoms with Crippen molar-refractivity contribution < 1.29 is 17.6 Å². The smallest absolute Gasteiger partial charge is 0.291 e. The Bertz CT molecular complexity index is 1050. The number of sulfone groups is 1. The number of hydrogen-bond donors (Lipinski definition) is 1. The third-order valence-electron chi connectivity index (χ3n) is 4.57. The van der Waals surface area contributed by atoms with Gasteiger partial charge < -0.3 is 14.6 Å². The molecule has 3 rings (SSSR count). The van der Waals surface area contributed by atoms with Gasteiger partial charge in [0.15, 0.2) is 15.6 Å². The van der Waals surface area contributed by atoms with Crippen molar-refractivity contribution in [3.8, 4) is 0 Å². The van der Waals surface area contributed by atoms with E-state index in [4.69, 9.17) is 4.42 Å². The van der Waals surface area contributed by atoms with Crippen LogP contribution in [0.5, 0.6) is 0 Å². The van der Waals surface area contributed by atoms with Crippen LogP contribution in [-0.2, 0) is 15.6 Å². The van der Waals surface area contributed by atoms with Crippen LogP contribution in [0.3, 0.4) is 0 Å². The van der Waals surface area contributed by atoms with Crippen molar-refractivity contribution in [3.63, 3.8) is 0 Å². The van der Waals surface area contributed by atoms with Crippen molar-refractivity contribution in [2.24, 2.45) is 0 Å². The Morgan fingerprint density at radius 3 is 2.21 bits per heavy atom. The lowest BCUT2D eigenvalue weighted by Crippen LogP contribution is -2.21. The van der Waals surface area contributed by atoms with Crippen LogP contribution in [0.1, 0.15) is 30.2 Å². The van der Waals surface area contributed by atoms with Crippen molar-refractivity contribution in [1.82, 2.24) is 0 Å². The number of carbonyl (C=O) groups excluding carboxylic acids is 1. The fourth-order valence-electron chi connectivity index (χ4n) is 3.01. The standard InChI is InChI=1S/C22H24N2O4S/c1-3-24(4-2)18-12-10-17(11-13-18)23-22(25)21-15-14-19(28-21)16-29(26,27)20-8-6-5-7-9-20/h5-15H,3-4,16H2,1-2H3,(H,23,25). The second kappa shape index (κ2) is 8.96. The van der Waals surface area contributed by atoms with Gasteiger partial charge in [0.25, 0.3) is 5.91 Å². The van der Waals surface area contributed by atoms with Gasteiger partial charge in [-0.05, 0) is 62.4 Å². The average Bonchev–Trinajstić information content (AvgIpc) is 3.19. The lowest BCUT2D eigenvalue weighted by atomic mass is 10.2. The molecule has 7 heteroatoms. The maximum Gasteiger partial charge on any atom is 0.291 e. The zero-order valence-electron chi connectivity index (χ0n) is 16.5. The molecule has 0 fully saturated rings. The van der Waals surface area contributed by atoms with Gasteiger partial charge in [0, 0.05) is 24.5 Å². The summed E-state index contributed by atoms with van der Waals surface area (Å²) in [6.07, 6.45) is 0. The van der Waals surface area contributed by atoms with Crippen molar-refractivity contribution in [2.45, 2.75) is 24.5 Å². The molecule has 0 aliphatic rings. The lowest BCUT2D eigenvalue weighted by molar-refractivity contribution is 0.0995. The summed E-state index contributed by atoms with van der Waals surface area (Å²) in [5, 5.41) is 2.77. The third-order valence-corrected chi connectivity index (χ3v) is 6.23. The fraction of sp³-hybridized carbons (Fsp3) is 0.227. The normalized spacial score (nSPS) is 11.2. The Kier molecular flexibility index (Phi) is 6.39. The minimum Gasteiger partial charge on any atom is -0.455 e. The number of hydrogen-bond acceptors (Lipinski definition) is 5. The van der Waals surface area contributed by atoms with Gasteiger partial charge in [-0.3, -0.25) is 4.79 Å². The highest BCUT2D eigenvalue weighted by molar-refractivity contribution is 7.90. The van der Waals surface area contributed by atoms with E-state index in [2.05, 4.69) is 24.1 Å². The highest BCUT2D eigenvalue weighted by atomic mass is 32.2. The van der Waals surface area contributed by atoms with Crippen LogP contribution in [0.2, 0.25) is 0 Å². The van der Waals surface area contributed by atoms with Gasteiger partial charge in [-0.2, -0.15) is 0 Å². The van der Waals surface area contributed by atoms with Crippen LogP contribution in [0.25, 0.3) is 0 Å². The minimum atomic E-state index is -3.53. The molecule has 0 bridgehead atoms. The Hall–Kier alpha value is -3.06. The van der Waals surface area contributed by atoms with Crippen molar-refractivity contribution in [2.75, 3.05) is 23.3 Å². The van der Waals surface area contributed by atoms with E-state index in [1.54, 1.807) is 18.2 Å². The first kappa shape index (κ1) is 20.7. The van der Waals surface area contributed by atoms with Crippen LogP contribution in [0.4, 0.5) is 11.4 Å². The van der Waals surface area contributed by atoms with Crippen molar-refractivity contribution >= 4 is 27.1 Å². The van der Waals surface area contributed by atoms with E-state index >= 15 is 0 Å². The first-order chi connectivity index (χ1) is 13.9. The van der Waals surface area contributed by atoms with Crippen molar-refractivity contribution in [1.29, 1.82) is 0 Å². The van der Waals surface area contributed by atoms with Gasteiger partial charge in [-0.15, -0.1) is 0 Å². The molecule has 0 saturated heterocycles. The Morgan fingerprint density at radius 2 is 1.59 bits per heavy atom. The summed E-state index contributed by atoms with van der Waals surface area (Å²) in [7, 11) is -3.53. The van der Waals surface area contributed by atoms with Crippen LogP contribution in [-0.4, -0.2) is 27.4 Å². The molecular weight excluding hydrogens is 388 g/mol. The molecule has 0 aliphatic carbocycles. The van der Waals surface area contributed by atoms with Gasteiger partial charge in [0.1, 0.15) is 11.5 Å². The highest BCUT2D eigenvalue weighted by Gasteiger charge is 2.19. The Balaban J connectivity index is 1.66. The maximum atomic E-state index is 12.4. The molecule has 1 amide bonds. The largest absolute Gasteiger partial charge is 0.455 e. The van der Waals surface area contributed by atoms with E-state index in [0.29, 0.717) is 5.69 Å². The number of furan rings is 1. The molecule has 0 saturated carbocycles. The van der Waals surface area contributed by atoms with Crippen LogP contribution < -0.4 is 10.2 Å². The molecule has 1 aromatic heterocycles. The van der Waals surface area contributed by atoms with Crippen molar-refractivity contribution in [3.05, 3.63) is 78.3 Å². The predicted molar refractivity (Wildman–Crippen MR) is 114 cm³/mol. The average molecular weight is 413 g/mol. The molecular formula is C22H24N2O4S. The molecule has 0 unspecified atom stereocenters. The number of nitrogens with one attached hydrogen (secondary N) is 1. The summed E-state index contributed by atoms with van der Waals surface area (Å²) in [6.45, 7) is 5.99. The molecule has 0 atom stereocenters. The van der Waals surface area contributed by atoms with Crippen LogP contribution >= 0.6 is 0 Å². The SMILES string of the molecule is CCN(CC)c1ccc(NC(=O)c2ccc(CS(=O)(=O)c3ccccc3)o2)cc1. The van der Waals surface area contributed by atoms with Gasteiger partial charge in [-0.1, -0.05) is 18.2 Å². The molecule has 152 valence electrons. The first-order valence-electron chi connectivity index (χ1n) is 9.46. The quantitative estimate of drug-likeness (QED) is 0.595. The molecule has 0 aliphatic heterocycles. The molecule has 1 heterocycles. The van der Waals surface area contributed by atoms with E-state index < -0.39 is 15.7 Å². The molecule has 2 aromatic carbocycles. The van der Waals surface area contributed by atoms with Gasteiger partial charge in [0.05, 0.1) is 4.90 Å². The van der Waals surface area contributed by atoms with Crippen LogP contribution in [0, 0.1) is 0 Å². The zero-order chi connectivity index (χ0) is 20.9. The maximum absolute atomic E-state index is 12.4. The van der Waals surface area contributed by atoms with E-state index in [0.717, 1.165) is 18.8 Å². The summed E-state index contributed by atoms with van der Waals surface area (Å²) >= 11 is 0. The number of nitrogens with zero attached hydrogens (tertiary/aromatic N) is 1. The summed E-state index contributed by atoms with van der Waals surface area (Å²) in [4.78, 5) is 14.9. The third kappa shape index (κ3) is 5.06. The number of amides is 1. The fourth-order valence-corrected chi connectivity index (χ4v) is 4.28. The predicted octanol–water partition coefficient (Wildman–Crippen LogP) is 4.35. The topological polar surface area (TPSA) is 79.6 Å². The summed E-state index contributed by atoms with van der Waals surface area (Å²) in [6, 6.07) is 18.7. The molecule has 0 spiro atoms. The van der Waals surface area contributed by atoms with E-state index in [1.807, 2.05) is 24.3 Å². The summed E-state index contributed by atoms with van der Waals surface area (Å²) in [5.41, 5.74) is 1.72. The molecule has 3 aromatic rings. The molecule has 0 radical (unpaired) electrons. The summed E-state index contributed by atoms with van der Waals surface area (Å²) in [5.74, 6) is -0.445. The monoisotopic (exact) mass is 412 g/mol.